The van der Waals surface area contributed by atoms with Crippen LogP contribution < -0.4 is 21.2 Å². The van der Waals surface area contributed by atoms with Gasteiger partial charge in [0.1, 0.15) is 0 Å². The van der Waals surface area contributed by atoms with Gasteiger partial charge in [0.15, 0.2) is 0 Å². The van der Waals surface area contributed by atoms with Crippen LogP contribution in [0, 0.1) is 11.3 Å². The second kappa shape index (κ2) is 7.65. The van der Waals surface area contributed by atoms with Crippen LogP contribution in [0.4, 0.5) is 0 Å². The molecule has 1 heterocycles. The van der Waals surface area contributed by atoms with Gasteiger partial charge in [0.05, 0.1) is 0 Å². The Labute approximate surface area is 115 Å². The number of hydrogen-bond donors (Lipinski definition) is 0. The summed E-state index contributed by atoms with van der Waals surface area (Å²) in [5, 5.41) is 8.48. The fourth-order valence-electron chi connectivity index (χ4n) is 1.72. The first kappa shape index (κ1) is 13.5. The molecule has 0 N–H and O–H groups in total. The molecule has 15 heavy (non-hydrogen) atoms. The number of nitrogens with zero attached hydrogens (tertiary/aromatic N) is 2. The monoisotopic (exact) mass is 433 g/mol. The molecule has 0 radical (unpaired) electrons. The fraction of sp³-hybridized carbons (Fsp3) is 0.800. The third-order valence-electron chi connectivity index (χ3n) is 2.52. The number of amides is 1. The second-order valence-corrected chi connectivity index (χ2v) is 10.6. The molecule has 0 aromatic rings. The third kappa shape index (κ3) is 4.85. The Morgan fingerprint density at radius 2 is 2.33 bits per heavy atom. The first-order valence-corrected chi connectivity index (χ1v) is 9.36. The van der Waals surface area contributed by atoms with Crippen LogP contribution in [-0.4, -0.2) is 30.3 Å². The Hall–Kier alpha value is 0.420. The van der Waals surface area contributed by atoms with E-state index in [0.717, 1.165) is 29.9 Å². The Kier molecular flexibility index (Phi) is 6.88. The van der Waals surface area contributed by atoms with Gasteiger partial charge in [0, 0.05) is 0 Å². The molecule has 0 bridgehead atoms. The molecule has 1 atom stereocenters. The van der Waals surface area contributed by atoms with Crippen LogP contribution in [-0.2, 0) is 4.79 Å². The van der Waals surface area contributed by atoms with Crippen LogP contribution in [0.2, 0.25) is 0 Å². The summed E-state index contributed by atoms with van der Waals surface area (Å²) in [6.45, 7) is 1.74. The molecule has 86 valence electrons. The topological polar surface area (TPSA) is 44.1 Å². The number of hydrogen-bond acceptors (Lipinski definition) is 2. The van der Waals surface area contributed by atoms with E-state index in [4.69, 9.17) is 5.26 Å². The van der Waals surface area contributed by atoms with Gasteiger partial charge in [-0.3, -0.25) is 0 Å². The first-order valence-electron chi connectivity index (χ1n) is 5.06. The average Bonchev–Trinajstić information content (AvgIpc) is 2.44. The summed E-state index contributed by atoms with van der Waals surface area (Å²) in [4.78, 5) is 13.4. The molecule has 1 unspecified atom stereocenters. The molecule has 3 nitrogen and oxygen atoms in total. The van der Waals surface area contributed by atoms with Crippen LogP contribution in [0.1, 0.15) is 25.7 Å². The number of rotatable bonds is 3. The zero-order chi connectivity index (χ0) is 11.1. The van der Waals surface area contributed by atoms with E-state index in [0.29, 0.717) is 21.2 Å². The van der Waals surface area contributed by atoms with Crippen molar-refractivity contribution in [2.45, 2.75) is 29.6 Å². The van der Waals surface area contributed by atoms with Gasteiger partial charge in [-0.1, -0.05) is 0 Å². The van der Waals surface area contributed by atoms with Crippen LogP contribution in [0.25, 0.3) is 0 Å². The van der Waals surface area contributed by atoms with Crippen LogP contribution in [0.15, 0.2) is 0 Å². The molecule has 0 aromatic carbocycles. The predicted molar refractivity (Wildman–Crippen MR) is 63.3 cm³/mol. The van der Waals surface area contributed by atoms with E-state index >= 15 is 0 Å². The van der Waals surface area contributed by atoms with E-state index in [9.17, 15) is 4.79 Å². The number of nitriles is 1. The van der Waals surface area contributed by atoms with E-state index < -0.39 is 0 Å². The predicted octanol–water partition coefficient (Wildman–Crippen LogP) is -1.24. The molecule has 1 fully saturated rings. The number of halogens is 2. The maximum atomic E-state index is 11.5. The molecule has 1 saturated heterocycles. The summed E-state index contributed by atoms with van der Waals surface area (Å²) in [7, 11) is 0. The van der Waals surface area contributed by atoms with E-state index in [-0.39, 0.29) is 12.3 Å². The third-order valence-corrected chi connectivity index (χ3v) is 7.57. The molecule has 1 aliphatic heterocycles. The SMILES string of the molecule is N#CCC(=O)N1CCCC([I-]CI)CC1. The van der Waals surface area contributed by atoms with Gasteiger partial charge >= 0.3 is 116 Å². The Morgan fingerprint density at radius 1 is 1.53 bits per heavy atom. The number of carbonyl (C=O) groups excluding carboxylic acids is 1. The van der Waals surface area contributed by atoms with E-state index in [1.165, 1.54) is 8.86 Å². The summed E-state index contributed by atoms with van der Waals surface area (Å²) in [5.41, 5.74) is 0. The van der Waals surface area contributed by atoms with Gasteiger partial charge < -0.3 is 0 Å². The Morgan fingerprint density at radius 3 is 3.00 bits per heavy atom. The Balaban J connectivity index is 2.39. The Bertz CT molecular complexity index is 252. The molecule has 0 aliphatic carbocycles. The van der Waals surface area contributed by atoms with Gasteiger partial charge in [0.25, 0.3) is 0 Å². The van der Waals surface area contributed by atoms with Crippen LogP contribution in [0.5, 0.6) is 0 Å². The second-order valence-electron chi connectivity index (χ2n) is 3.50. The zero-order valence-electron chi connectivity index (χ0n) is 8.59. The number of alkyl halides is 3. The summed E-state index contributed by atoms with van der Waals surface area (Å²) < 4.78 is 2.20. The zero-order valence-corrected chi connectivity index (χ0v) is 12.9. The molecule has 1 amide bonds. The first-order chi connectivity index (χ1) is 7.27. The molecule has 0 aromatic heterocycles. The van der Waals surface area contributed by atoms with Gasteiger partial charge in [-0.25, -0.2) is 0 Å². The number of carbonyl (C=O) groups is 1. The molecular formula is C10H15I2N2O-. The van der Waals surface area contributed by atoms with Crippen molar-refractivity contribution in [1.82, 2.24) is 4.90 Å². The summed E-state index contributed by atoms with van der Waals surface area (Å²) >= 11 is 2.79. The van der Waals surface area contributed by atoms with Gasteiger partial charge in [-0.2, -0.15) is 0 Å². The average molecular weight is 433 g/mol. The molecule has 0 saturated carbocycles. The maximum absolute atomic E-state index is 11.5. The number of likely N-dealkylation sites (tertiary alicyclic amines) is 1. The summed E-state index contributed by atoms with van der Waals surface area (Å²) in [6.07, 6.45) is 3.62. The fourth-order valence-corrected chi connectivity index (χ4v) is 6.95. The van der Waals surface area contributed by atoms with E-state index in [1.807, 2.05) is 11.0 Å². The molecule has 0 spiro atoms. The van der Waals surface area contributed by atoms with Crippen LogP contribution >= 0.6 is 22.6 Å². The van der Waals surface area contributed by atoms with Crippen molar-refractivity contribution in [3.05, 3.63) is 0 Å². The van der Waals surface area contributed by atoms with Crippen molar-refractivity contribution in [3.63, 3.8) is 0 Å². The van der Waals surface area contributed by atoms with Crippen molar-refractivity contribution in [1.29, 1.82) is 5.26 Å². The molecule has 1 aliphatic rings. The van der Waals surface area contributed by atoms with E-state index in [1.54, 1.807) is 0 Å². The molecule has 1 rings (SSSR count). The van der Waals surface area contributed by atoms with Crippen molar-refractivity contribution in [2.75, 3.05) is 15.5 Å². The standard InChI is InChI=1S/C10H15I2N2O/c11-8-12-9-2-1-6-14(7-4-9)10(15)3-5-13/h9H,1-4,6-8H2/q-1. The van der Waals surface area contributed by atoms with Crippen LogP contribution in [0.3, 0.4) is 0 Å². The van der Waals surface area contributed by atoms with E-state index in [2.05, 4.69) is 22.6 Å². The summed E-state index contributed by atoms with van der Waals surface area (Å²) in [5.74, 6) is 0.0193. The molecule has 5 heteroatoms. The van der Waals surface area contributed by atoms with Crippen molar-refractivity contribution in [3.8, 4) is 6.07 Å². The van der Waals surface area contributed by atoms with Gasteiger partial charge in [-0.05, 0) is 0 Å². The van der Waals surface area contributed by atoms with Gasteiger partial charge in [-0.15, -0.1) is 0 Å². The normalized spacial score (nSPS) is 22.1. The minimum absolute atomic E-state index is 0.0193. The van der Waals surface area contributed by atoms with Gasteiger partial charge in [0.2, 0.25) is 0 Å². The van der Waals surface area contributed by atoms with Crippen molar-refractivity contribution >= 4 is 28.5 Å². The van der Waals surface area contributed by atoms with Crippen molar-refractivity contribution in [2.24, 2.45) is 0 Å². The summed E-state index contributed by atoms with van der Waals surface area (Å²) in [6, 6.07) is 1.94. The molecular weight excluding hydrogens is 418 g/mol. The minimum atomic E-state index is 0.0193. The quantitative estimate of drug-likeness (QED) is 0.414. The van der Waals surface area contributed by atoms with Crippen molar-refractivity contribution < 1.29 is 26.0 Å².